The first kappa shape index (κ1) is 20.9. The van der Waals surface area contributed by atoms with Crippen LogP contribution in [0.25, 0.3) is 0 Å². The largest absolute Gasteiger partial charge is 0.494 e. The van der Waals surface area contributed by atoms with Crippen molar-refractivity contribution in [3.05, 3.63) is 59.7 Å². The fourth-order valence-corrected chi connectivity index (χ4v) is 3.05. The van der Waals surface area contributed by atoms with Gasteiger partial charge < -0.3 is 19.7 Å². The van der Waals surface area contributed by atoms with Crippen molar-refractivity contribution in [3.63, 3.8) is 0 Å². The number of morpholine rings is 1. The number of nitrogens with one attached hydrogen (secondary N) is 1. The predicted molar refractivity (Wildman–Crippen MR) is 112 cm³/mol. The van der Waals surface area contributed by atoms with E-state index in [9.17, 15) is 9.59 Å². The zero-order valence-corrected chi connectivity index (χ0v) is 16.9. The van der Waals surface area contributed by atoms with E-state index in [2.05, 4.69) is 12.2 Å². The minimum absolute atomic E-state index is 0.103. The van der Waals surface area contributed by atoms with Gasteiger partial charge in [0.1, 0.15) is 5.75 Å². The second-order valence-corrected chi connectivity index (χ2v) is 7.05. The third kappa shape index (κ3) is 6.32. The fourth-order valence-electron chi connectivity index (χ4n) is 3.05. The van der Waals surface area contributed by atoms with Gasteiger partial charge in [-0.1, -0.05) is 25.5 Å². The molecule has 1 N–H and O–H groups in total. The molecular formula is C23H28N2O4. The van der Waals surface area contributed by atoms with Crippen molar-refractivity contribution in [1.29, 1.82) is 0 Å². The number of benzene rings is 2. The van der Waals surface area contributed by atoms with E-state index in [1.54, 1.807) is 12.1 Å². The highest BCUT2D eigenvalue weighted by Crippen LogP contribution is 2.16. The smallest absolute Gasteiger partial charge is 0.255 e. The van der Waals surface area contributed by atoms with E-state index in [1.165, 1.54) is 0 Å². The van der Waals surface area contributed by atoms with Crippen molar-refractivity contribution in [2.75, 3.05) is 38.2 Å². The molecular weight excluding hydrogens is 368 g/mol. The summed E-state index contributed by atoms with van der Waals surface area (Å²) < 4.78 is 10.9. The second-order valence-electron chi connectivity index (χ2n) is 7.05. The molecule has 154 valence electrons. The van der Waals surface area contributed by atoms with Crippen LogP contribution in [-0.2, 0) is 16.0 Å². The molecule has 0 unspecified atom stereocenters. The van der Waals surface area contributed by atoms with Gasteiger partial charge in [0.25, 0.3) is 5.91 Å². The van der Waals surface area contributed by atoms with Crippen molar-refractivity contribution < 1.29 is 19.1 Å². The Hall–Kier alpha value is -2.86. The van der Waals surface area contributed by atoms with E-state index in [0.717, 1.165) is 24.2 Å². The Morgan fingerprint density at radius 1 is 1.03 bits per heavy atom. The van der Waals surface area contributed by atoms with Gasteiger partial charge in [0, 0.05) is 24.3 Å². The minimum Gasteiger partial charge on any atom is -0.494 e. The topological polar surface area (TPSA) is 67.9 Å². The van der Waals surface area contributed by atoms with Crippen LogP contribution in [-0.4, -0.2) is 49.6 Å². The Labute approximate surface area is 171 Å². The average Bonchev–Trinajstić information content (AvgIpc) is 2.76. The predicted octanol–water partition coefficient (Wildman–Crippen LogP) is 3.52. The molecule has 0 bridgehead atoms. The quantitative estimate of drug-likeness (QED) is 0.694. The molecule has 1 heterocycles. The summed E-state index contributed by atoms with van der Waals surface area (Å²) in [5, 5.41) is 2.88. The van der Waals surface area contributed by atoms with E-state index in [0.29, 0.717) is 50.6 Å². The van der Waals surface area contributed by atoms with E-state index >= 15 is 0 Å². The number of nitrogens with zero attached hydrogens (tertiary/aromatic N) is 1. The number of unbranched alkanes of at least 4 members (excludes halogenated alkanes) is 1. The SMILES string of the molecule is CCCCOc1ccc(C(=O)Nc2ccc(CC(=O)N3CCOCC3)cc2)cc1. The molecule has 2 aromatic rings. The third-order valence-corrected chi connectivity index (χ3v) is 4.81. The van der Waals surface area contributed by atoms with Gasteiger partial charge in [-0.3, -0.25) is 9.59 Å². The molecule has 1 fully saturated rings. The van der Waals surface area contributed by atoms with E-state index in [-0.39, 0.29) is 11.8 Å². The summed E-state index contributed by atoms with van der Waals surface area (Å²) in [6, 6.07) is 14.5. The standard InChI is InChI=1S/C23H28N2O4/c1-2-3-14-29-21-10-6-19(7-11-21)23(27)24-20-8-4-18(5-9-20)17-22(26)25-12-15-28-16-13-25/h4-11H,2-3,12-17H2,1H3,(H,24,27). The molecule has 6 nitrogen and oxygen atoms in total. The second kappa shape index (κ2) is 10.6. The molecule has 0 atom stereocenters. The first-order valence-corrected chi connectivity index (χ1v) is 10.1. The number of ether oxygens (including phenoxy) is 2. The van der Waals surface area contributed by atoms with Gasteiger partial charge in [-0.15, -0.1) is 0 Å². The first-order chi connectivity index (χ1) is 14.2. The number of hydrogen-bond donors (Lipinski definition) is 1. The lowest BCUT2D eigenvalue weighted by Crippen LogP contribution is -2.41. The number of carbonyl (C=O) groups excluding carboxylic acids is 2. The van der Waals surface area contributed by atoms with Crippen LogP contribution in [0.2, 0.25) is 0 Å². The van der Waals surface area contributed by atoms with Crippen LogP contribution in [0.4, 0.5) is 5.69 Å². The zero-order valence-electron chi connectivity index (χ0n) is 16.9. The highest BCUT2D eigenvalue weighted by atomic mass is 16.5. The number of hydrogen-bond acceptors (Lipinski definition) is 4. The summed E-state index contributed by atoms with van der Waals surface area (Å²) in [5.41, 5.74) is 2.19. The Bertz CT molecular complexity index is 797. The molecule has 1 aliphatic rings. The molecule has 3 rings (SSSR count). The maximum atomic E-state index is 12.4. The summed E-state index contributed by atoms with van der Waals surface area (Å²) in [5.74, 6) is 0.692. The van der Waals surface area contributed by atoms with Crippen LogP contribution < -0.4 is 10.1 Å². The molecule has 6 heteroatoms. The highest BCUT2D eigenvalue weighted by Gasteiger charge is 2.17. The summed E-state index contributed by atoms with van der Waals surface area (Å²) in [6.07, 6.45) is 2.45. The minimum atomic E-state index is -0.178. The van der Waals surface area contributed by atoms with Gasteiger partial charge in [-0.25, -0.2) is 0 Å². The summed E-state index contributed by atoms with van der Waals surface area (Å²) in [6.45, 7) is 5.30. The van der Waals surface area contributed by atoms with Crippen LogP contribution in [0.15, 0.2) is 48.5 Å². The van der Waals surface area contributed by atoms with Gasteiger partial charge in [0.05, 0.1) is 26.2 Å². The van der Waals surface area contributed by atoms with Crippen LogP contribution in [0.3, 0.4) is 0 Å². The third-order valence-electron chi connectivity index (χ3n) is 4.81. The van der Waals surface area contributed by atoms with Gasteiger partial charge in [-0.05, 0) is 48.4 Å². The molecule has 0 radical (unpaired) electrons. The lowest BCUT2D eigenvalue weighted by Gasteiger charge is -2.26. The zero-order chi connectivity index (χ0) is 20.5. The number of amides is 2. The lowest BCUT2D eigenvalue weighted by molar-refractivity contribution is -0.134. The van der Waals surface area contributed by atoms with E-state index < -0.39 is 0 Å². The van der Waals surface area contributed by atoms with E-state index in [4.69, 9.17) is 9.47 Å². The summed E-state index contributed by atoms with van der Waals surface area (Å²) >= 11 is 0. The molecule has 2 aromatic carbocycles. The normalized spacial score (nSPS) is 13.8. The fraction of sp³-hybridized carbons (Fsp3) is 0.391. The molecule has 0 spiro atoms. The Balaban J connectivity index is 1.51. The van der Waals surface area contributed by atoms with E-state index in [1.807, 2.05) is 41.3 Å². The molecule has 2 amide bonds. The lowest BCUT2D eigenvalue weighted by atomic mass is 10.1. The van der Waals surface area contributed by atoms with Crippen LogP contribution in [0.5, 0.6) is 5.75 Å². The maximum Gasteiger partial charge on any atom is 0.255 e. The molecule has 29 heavy (non-hydrogen) atoms. The molecule has 0 saturated carbocycles. The van der Waals surface area contributed by atoms with Gasteiger partial charge in [0.15, 0.2) is 0 Å². The maximum absolute atomic E-state index is 12.4. The van der Waals surface area contributed by atoms with Crippen molar-refractivity contribution in [1.82, 2.24) is 4.90 Å². The molecule has 1 saturated heterocycles. The van der Waals surface area contributed by atoms with Crippen molar-refractivity contribution in [3.8, 4) is 5.75 Å². The van der Waals surface area contributed by atoms with Gasteiger partial charge >= 0.3 is 0 Å². The van der Waals surface area contributed by atoms with Crippen LogP contribution in [0, 0.1) is 0 Å². The van der Waals surface area contributed by atoms with Crippen LogP contribution in [0.1, 0.15) is 35.7 Å². The van der Waals surface area contributed by atoms with Gasteiger partial charge in [-0.2, -0.15) is 0 Å². The van der Waals surface area contributed by atoms with Gasteiger partial charge in [0.2, 0.25) is 5.91 Å². The number of rotatable bonds is 8. The van der Waals surface area contributed by atoms with Crippen LogP contribution >= 0.6 is 0 Å². The van der Waals surface area contributed by atoms with Crippen molar-refractivity contribution >= 4 is 17.5 Å². The average molecular weight is 396 g/mol. The van der Waals surface area contributed by atoms with Crippen molar-refractivity contribution in [2.45, 2.75) is 26.2 Å². The molecule has 0 aromatic heterocycles. The van der Waals surface area contributed by atoms with Crippen molar-refractivity contribution in [2.24, 2.45) is 0 Å². The summed E-state index contributed by atoms with van der Waals surface area (Å²) in [7, 11) is 0. The molecule has 0 aliphatic carbocycles. The number of carbonyl (C=O) groups is 2. The summed E-state index contributed by atoms with van der Waals surface area (Å²) in [4.78, 5) is 26.6. The Kier molecular flexibility index (Phi) is 7.64. The number of anilines is 1. The highest BCUT2D eigenvalue weighted by molar-refractivity contribution is 6.04. The molecule has 1 aliphatic heterocycles. The Morgan fingerprint density at radius 3 is 2.38 bits per heavy atom. The first-order valence-electron chi connectivity index (χ1n) is 10.1. The monoisotopic (exact) mass is 396 g/mol. The Morgan fingerprint density at radius 2 is 1.72 bits per heavy atom.